The zero-order valence-electron chi connectivity index (χ0n) is 7.06. The number of benzene rings is 1. The van der Waals surface area contributed by atoms with E-state index in [1.807, 2.05) is 0 Å². The Bertz CT molecular complexity index is 402. The molecule has 1 aliphatic heterocycles. The second kappa shape index (κ2) is 2.77. The molecule has 1 aliphatic rings. The Balaban J connectivity index is 2.60. The lowest BCUT2D eigenvalue weighted by Crippen LogP contribution is -2.37. The van der Waals surface area contributed by atoms with E-state index in [2.05, 4.69) is 5.32 Å². The maximum atomic E-state index is 12.5. The summed E-state index contributed by atoms with van der Waals surface area (Å²) in [5, 5.41) is 2.37. The molecule has 0 saturated carbocycles. The summed E-state index contributed by atoms with van der Waals surface area (Å²) in [6.07, 6.45) is 0. The van der Waals surface area contributed by atoms with Crippen molar-refractivity contribution >= 4 is 18.3 Å². The fourth-order valence-corrected chi connectivity index (χ4v) is 1.59. The number of amides is 1. The minimum Gasteiger partial charge on any atom is -0.445 e. The second-order valence-electron chi connectivity index (χ2n) is 3.13. The highest BCUT2D eigenvalue weighted by Crippen LogP contribution is 2.18. The molecule has 0 spiro atoms. The Labute approximate surface area is 78.2 Å². The van der Waals surface area contributed by atoms with Gasteiger partial charge in [0.25, 0.3) is 5.91 Å². The SMILES string of the molecule is O=C1NCc2c1cccc2[B-](F)(F)F. The zero-order valence-corrected chi connectivity index (χ0v) is 7.06. The van der Waals surface area contributed by atoms with Gasteiger partial charge in [-0.1, -0.05) is 12.1 Å². The van der Waals surface area contributed by atoms with E-state index in [0.717, 1.165) is 6.07 Å². The number of carbonyl (C=O) groups is 1. The van der Waals surface area contributed by atoms with Gasteiger partial charge in [0.1, 0.15) is 0 Å². The van der Waals surface area contributed by atoms with Crippen LogP contribution in [0.2, 0.25) is 0 Å². The maximum absolute atomic E-state index is 12.5. The molecule has 2 rings (SSSR count). The minimum absolute atomic E-state index is 0.0222. The van der Waals surface area contributed by atoms with Gasteiger partial charge in [-0.25, -0.2) is 0 Å². The molecule has 74 valence electrons. The minimum atomic E-state index is -5.03. The van der Waals surface area contributed by atoms with Crippen LogP contribution in [0, 0.1) is 0 Å². The van der Waals surface area contributed by atoms with Crippen molar-refractivity contribution in [3.05, 3.63) is 29.3 Å². The topological polar surface area (TPSA) is 29.1 Å². The van der Waals surface area contributed by atoms with Gasteiger partial charge in [-0.05, 0) is 11.6 Å². The fraction of sp³-hybridized carbons (Fsp3) is 0.125. The van der Waals surface area contributed by atoms with Crippen molar-refractivity contribution in [2.45, 2.75) is 6.54 Å². The van der Waals surface area contributed by atoms with Crippen LogP contribution in [-0.4, -0.2) is 12.9 Å². The molecular formula is C8H6BF3NO-. The molecule has 0 bridgehead atoms. The van der Waals surface area contributed by atoms with Gasteiger partial charge in [-0.2, -0.15) is 0 Å². The highest BCUT2D eigenvalue weighted by molar-refractivity contribution is 6.74. The van der Waals surface area contributed by atoms with Gasteiger partial charge in [0.2, 0.25) is 0 Å². The molecule has 0 saturated heterocycles. The maximum Gasteiger partial charge on any atom is 0.509 e. The molecular weight excluding hydrogens is 194 g/mol. The predicted molar refractivity (Wildman–Crippen MR) is 46.3 cm³/mol. The van der Waals surface area contributed by atoms with Gasteiger partial charge >= 0.3 is 6.98 Å². The number of fused-ring (bicyclic) bond motifs is 1. The van der Waals surface area contributed by atoms with E-state index in [1.54, 1.807) is 0 Å². The molecule has 14 heavy (non-hydrogen) atoms. The first-order valence-corrected chi connectivity index (χ1v) is 4.10. The smallest absolute Gasteiger partial charge is 0.445 e. The predicted octanol–water partition coefficient (Wildman–Crippen LogP) is 0.984. The average Bonchev–Trinajstić information content (AvgIpc) is 2.46. The summed E-state index contributed by atoms with van der Waals surface area (Å²) in [7, 11) is 0. The first-order valence-electron chi connectivity index (χ1n) is 4.10. The summed E-state index contributed by atoms with van der Waals surface area (Å²) in [6.45, 7) is -5.05. The number of rotatable bonds is 1. The zero-order chi connectivity index (χ0) is 10.3. The number of hydrogen-bond donors (Lipinski definition) is 1. The third-order valence-electron chi connectivity index (χ3n) is 2.24. The van der Waals surface area contributed by atoms with E-state index in [1.165, 1.54) is 12.1 Å². The van der Waals surface area contributed by atoms with Crippen molar-refractivity contribution in [2.24, 2.45) is 0 Å². The Hall–Kier alpha value is -1.46. The molecule has 1 aromatic rings. The molecule has 1 amide bonds. The van der Waals surface area contributed by atoms with Crippen LogP contribution >= 0.6 is 0 Å². The summed E-state index contributed by atoms with van der Waals surface area (Å²) < 4.78 is 37.5. The standard InChI is InChI=1S/C8H6BF3NO/c10-9(11,12)7-3-1-2-5-6(7)4-13-8(5)14/h1-3H,4H2,(H,13,14)/q-1. The van der Waals surface area contributed by atoms with Crippen LogP contribution in [-0.2, 0) is 6.54 Å². The third-order valence-corrected chi connectivity index (χ3v) is 2.24. The molecule has 1 N–H and O–H groups in total. The second-order valence-corrected chi connectivity index (χ2v) is 3.13. The van der Waals surface area contributed by atoms with Crippen molar-refractivity contribution in [2.75, 3.05) is 0 Å². The molecule has 1 aromatic carbocycles. The van der Waals surface area contributed by atoms with Gasteiger partial charge < -0.3 is 18.3 Å². The van der Waals surface area contributed by atoms with Gasteiger partial charge in [-0.15, -0.1) is 5.46 Å². The van der Waals surface area contributed by atoms with Gasteiger partial charge in [0.15, 0.2) is 0 Å². The van der Waals surface area contributed by atoms with Crippen LogP contribution in [0.1, 0.15) is 15.9 Å². The summed E-state index contributed by atoms with van der Waals surface area (Å²) in [5.41, 5.74) is -0.451. The van der Waals surface area contributed by atoms with E-state index in [9.17, 15) is 17.7 Å². The lowest BCUT2D eigenvalue weighted by atomic mass is 9.76. The lowest BCUT2D eigenvalue weighted by molar-refractivity contribution is 0.0966. The fourth-order valence-electron chi connectivity index (χ4n) is 1.59. The molecule has 0 fully saturated rings. The quantitative estimate of drug-likeness (QED) is 0.672. The molecule has 0 aromatic heterocycles. The van der Waals surface area contributed by atoms with Crippen LogP contribution in [0.4, 0.5) is 12.9 Å². The van der Waals surface area contributed by atoms with Crippen molar-refractivity contribution in [3.63, 3.8) is 0 Å². The molecule has 2 nitrogen and oxygen atoms in total. The third kappa shape index (κ3) is 1.27. The molecule has 0 atom stereocenters. The van der Waals surface area contributed by atoms with Crippen LogP contribution in [0.3, 0.4) is 0 Å². The number of hydrogen-bond acceptors (Lipinski definition) is 1. The highest BCUT2D eigenvalue weighted by atomic mass is 19.4. The Morgan fingerprint density at radius 3 is 2.64 bits per heavy atom. The van der Waals surface area contributed by atoms with Crippen molar-refractivity contribution in [3.8, 4) is 0 Å². The first kappa shape index (κ1) is 9.11. The van der Waals surface area contributed by atoms with E-state index in [4.69, 9.17) is 0 Å². The van der Waals surface area contributed by atoms with Crippen LogP contribution < -0.4 is 10.8 Å². The average molecular weight is 200 g/mol. The van der Waals surface area contributed by atoms with Gasteiger partial charge in [-0.3, -0.25) is 4.79 Å². The van der Waals surface area contributed by atoms with Crippen LogP contribution in [0.5, 0.6) is 0 Å². The largest absolute Gasteiger partial charge is 0.509 e. The summed E-state index contributed by atoms with van der Waals surface area (Å²) in [5.74, 6) is -0.429. The molecule has 6 heteroatoms. The first-order chi connectivity index (χ1) is 6.50. The number of carbonyl (C=O) groups excluding carboxylic acids is 1. The van der Waals surface area contributed by atoms with E-state index < -0.39 is 18.3 Å². The van der Waals surface area contributed by atoms with E-state index >= 15 is 0 Å². The van der Waals surface area contributed by atoms with Crippen LogP contribution in [0.15, 0.2) is 18.2 Å². The molecule has 0 unspecified atom stereocenters. The normalized spacial score (nSPS) is 15.2. The van der Waals surface area contributed by atoms with E-state index in [0.29, 0.717) is 0 Å². The molecule has 0 radical (unpaired) electrons. The van der Waals surface area contributed by atoms with Crippen molar-refractivity contribution in [1.29, 1.82) is 0 Å². The van der Waals surface area contributed by atoms with Crippen LogP contribution in [0.25, 0.3) is 0 Å². The monoisotopic (exact) mass is 200 g/mol. The van der Waals surface area contributed by atoms with Crippen molar-refractivity contribution < 1.29 is 17.7 Å². The van der Waals surface area contributed by atoms with Gasteiger partial charge in [0, 0.05) is 12.1 Å². The van der Waals surface area contributed by atoms with Gasteiger partial charge in [0.05, 0.1) is 0 Å². The Morgan fingerprint density at radius 2 is 2.00 bits per heavy atom. The summed E-state index contributed by atoms with van der Waals surface area (Å²) >= 11 is 0. The van der Waals surface area contributed by atoms with Crippen molar-refractivity contribution in [1.82, 2.24) is 5.32 Å². The molecule has 1 heterocycles. The Morgan fingerprint density at radius 1 is 1.29 bits per heavy atom. The summed E-state index contributed by atoms with van der Waals surface area (Å²) in [6, 6.07) is 3.68. The number of nitrogens with one attached hydrogen (secondary N) is 1. The summed E-state index contributed by atoms with van der Waals surface area (Å²) in [4.78, 5) is 11.1. The molecule has 0 aliphatic carbocycles. The Kier molecular flexibility index (Phi) is 1.80. The lowest BCUT2D eigenvalue weighted by Gasteiger charge is -2.17. The number of halogens is 3. The van der Waals surface area contributed by atoms with E-state index in [-0.39, 0.29) is 17.7 Å². The highest BCUT2D eigenvalue weighted by Gasteiger charge is 2.32.